The van der Waals surface area contributed by atoms with E-state index in [4.69, 9.17) is 9.47 Å². The van der Waals surface area contributed by atoms with Gasteiger partial charge in [-0.2, -0.15) is 0 Å². The number of ether oxygens (including phenoxy) is 2. The molecule has 5 nitrogen and oxygen atoms in total. The van der Waals surface area contributed by atoms with Crippen LogP contribution >= 0.6 is 0 Å². The predicted octanol–water partition coefficient (Wildman–Crippen LogP) is 2.79. The first-order valence-corrected chi connectivity index (χ1v) is 8.58. The zero-order valence-corrected chi connectivity index (χ0v) is 14.7. The molecule has 1 aliphatic carbocycles. The molecule has 2 atom stereocenters. The fourth-order valence-electron chi connectivity index (χ4n) is 3.33. The third kappa shape index (κ3) is 5.13. The molecule has 0 aromatic heterocycles. The van der Waals surface area contributed by atoms with Crippen molar-refractivity contribution in [3.8, 4) is 0 Å². The van der Waals surface area contributed by atoms with Crippen molar-refractivity contribution in [2.75, 3.05) is 19.8 Å². The van der Waals surface area contributed by atoms with Crippen molar-refractivity contribution < 1.29 is 14.3 Å². The number of hydrogen-bond acceptors (Lipinski definition) is 4. The lowest BCUT2D eigenvalue weighted by Gasteiger charge is -2.40. The molecule has 2 fully saturated rings. The topological polar surface area (TPSA) is 50.8 Å². The molecule has 0 radical (unpaired) electrons. The maximum atomic E-state index is 12.4. The van der Waals surface area contributed by atoms with Crippen molar-refractivity contribution in [3.63, 3.8) is 0 Å². The summed E-state index contributed by atoms with van der Waals surface area (Å²) in [6.07, 6.45) is 3.22. The summed E-state index contributed by atoms with van der Waals surface area (Å²) in [4.78, 5) is 14.2. The number of carbonyl (C=O) groups excluding carboxylic acids is 1. The Morgan fingerprint density at radius 2 is 2.09 bits per heavy atom. The minimum Gasteiger partial charge on any atom is -0.444 e. The van der Waals surface area contributed by atoms with Crippen molar-refractivity contribution in [2.24, 2.45) is 5.92 Å². The summed E-state index contributed by atoms with van der Waals surface area (Å²) in [5.74, 6) is 0.848. The fraction of sp³-hybridized carbons (Fsp3) is 0.941. The molecule has 2 rings (SSSR count). The van der Waals surface area contributed by atoms with Gasteiger partial charge in [-0.15, -0.1) is 0 Å². The van der Waals surface area contributed by atoms with Gasteiger partial charge in [-0.05, 0) is 52.9 Å². The summed E-state index contributed by atoms with van der Waals surface area (Å²) in [6, 6.07) is 1.13. The summed E-state index contributed by atoms with van der Waals surface area (Å²) in [7, 11) is 0. The van der Waals surface area contributed by atoms with Crippen LogP contribution in [0.3, 0.4) is 0 Å². The molecule has 1 aliphatic heterocycles. The normalized spacial score (nSPS) is 30.6. The third-order valence-electron chi connectivity index (χ3n) is 4.38. The monoisotopic (exact) mass is 312 g/mol. The number of morpholine rings is 1. The number of nitrogens with zero attached hydrogens (tertiary/aromatic N) is 1. The Morgan fingerprint density at radius 1 is 1.41 bits per heavy atom. The maximum Gasteiger partial charge on any atom is 0.410 e. The van der Waals surface area contributed by atoms with E-state index in [2.05, 4.69) is 19.2 Å². The molecule has 128 valence electrons. The molecule has 1 N–H and O–H groups in total. The third-order valence-corrected chi connectivity index (χ3v) is 4.38. The maximum absolute atomic E-state index is 12.4. The van der Waals surface area contributed by atoms with Gasteiger partial charge < -0.3 is 19.7 Å². The van der Waals surface area contributed by atoms with Crippen LogP contribution < -0.4 is 5.32 Å². The minimum atomic E-state index is -0.453. The van der Waals surface area contributed by atoms with Gasteiger partial charge in [0.25, 0.3) is 0 Å². The van der Waals surface area contributed by atoms with Crippen LogP contribution in [-0.2, 0) is 9.47 Å². The molecule has 0 spiro atoms. The summed E-state index contributed by atoms with van der Waals surface area (Å²) in [5.41, 5.74) is -0.453. The van der Waals surface area contributed by atoms with Crippen molar-refractivity contribution in [3.05, 3.63) is 0 Å². The Hall–Kier alpha value is -0.810. The number of carbonyl (C=O) groups is 1. The van der Waals surface area contributed by atoms with Gasteiger partial charge in [-0.3, -0.25) is 0 Å². The summed E-state index contributed by atoms with van der Waals surface area (Å²) < 4.78 is 11.1. The van der Waals surface area contributed by atoms with Gasteiger partial charge in [0.2, 0.25) is 0 Å². The quantitative estimate of drug-likeness (QED) is 0.867. The van der Waals surface area contributed by atoms with Crippen LogP contribution in [0.15, 0.2) is 0 Å². The van der Waals surface area contributed by atoms with Gasteiger partial charge >= 0.3 is 6.09 Å². The van der Waals surface area contributed by atoms with Gasteiger partial charge in [-0.1, -0.05) is 6.92 Å². The van der Waals surface area contributed by atoms with Crippen molar-refractivity contribution in [2.45, 2.75) is 77.6 Å². The number of rotatable bonds is 4. The Morgan fingerprint density at radius 3 is 2.68 bits per heavy atom. The molecule has 5 heteroatoms. The van der Waals surface area contributed by atoms with Crippen molar-refractivity contribution >= 4 is 6.09 Å². The smallest absolute Gasteiger partial charge is 0.410 e. The second kappa shape index (κ2) is 7.18. The minimum absolute atomic E-state index is 0.101. The van der Waals surface area contributed by atoms with Crippen LogP contribution in [-0.4, -0.2) is 54.5 Å². The van der Waals surface area contributed by atoms with E-state index in [0.29, 0.717) is 31.8 Å². The zero-order chi connectivity index (χ0) is 16.3. The van der Waals surface area contributed by atoms with Crippen molar-refractivity contribution in [1.82, 2.24) is 10.2 Å². The highest BCUT2D eigenvalue weighted by Crippen LogP contribution is 2.27. The van der Waals surface area contributed by atoms with E-state index in [1.165, 1.54) is 12.8 Å². The molecule has 1 amide bonds. The van der Waals surface area contributed by atoms with E-state index in [1.807, 2.05) is 25.7 Å². The average Bonchev–Trinajstić information content (AvgIpc) is 2.35. The second-order valence-corrected chi connectivity index (χ2v) is 7.98. The highest BCUT2D eigenvalue weighted by Gasteiger charge is 2.33. The van der Waals surface area contributed by atoms with Gasteiger partial charge in [0.1, 0.15) is 5.60 Å². The SMILES string of the molecule is CC1CC(NC(C)CC2COCCN2C(=O)OC(C)(C)C)C1. The lowest BCUT2D eigenvalue weighted by Crippen LogP contribution is -2.53. The lowest BCUT2D eigenvalue weighted by molar-refractivity contribution is -0.0360. The molecule has 2 aliphatic rings. The van der Waals surface area contributed by atoms with Gasteiger partial charge in [0, 0.05) is 18.6 Å². The molecular formula is C17H32N2O3. The summed E-state index contributed by atoms with van der Waals surface area (Å²) in [6.45, 7) is 12.0. The zero-order valence-electron chi connectivity index (χ0n) is 14.7. The highest BCUT2D eigenvalue weighted by molar-refractivity contribution is 5.68. The van der Waals surface area contributed by atoms with Gasteiger partial charge in [-0.25, -0.2) is 4.79 Å². The van der Waals surface area contributed by atoms with Crippen molar-refractivity contribution in [1.29, 1.82) is 0 Å². The first-order valence-electron chi connectivity index (χ1n) is 8.58. The molecular weight excluding hydrogens is 280 g/mol. The highest BCUT2D eigenvalue weighted by atomic mass is 16.6. The summed E-state index contributed by atoms with van der Waals surface area (Å²) >= 11 is 0. The van der Waals surface area contributed by atoms with Gasteiger partial charge in [0.15, 0.2) is 0 Å². The molecule has 1 heterocycles. The van der Waals surface area contributed by atoms with Gasteiger partial charge in [0.05, 0.1) is 19.3 Å². The van der Waals surface area contributed by atoms with Crippen LogP contribution in [0.5, 0.6) is 0 Å². The Labute approximate surface area is 134 Å². The van der Waals surface area contributed by atoms with E-state index in [0.717, 1.165) is 12.3 Å². The van der Waals surface area contributed by atoms with E-state index in [1.54, 1.807) is 0 Å². The number of nitrogens with one attached hydrogen (secondary N) is 1. The number of hydrogen-bond donors (Lipinski definition) is 1. The molecule has 1 saturated heterocycles. The fourth-order valence-corrected chi connectivity index (χ4v) is 3.33. The summed E-state index contributed by atoms with van der Waals surface area (Å²) in [5, 5.41) is 3.67. The Kier molecular flexibility index (Phi) is 5.72. The molecule has 22 heavy (non-hydrogen) atoms. The predicted molar refractivity (Wildman–Crippen MR) is 86.9 cm³/mol. The van der Waals surface area contributed by atoms with E-state index in [9.17, 15) is 4.79 Å². The molecule has 0 bridgehead atoms. The van der Waals surface area contributed by atoms with Crippen LogP contribution in [0.4, 0.5) is 4.79 Å². The Bertz CT molecular complexity index is 375. The lowest BCUT2D eigenvalue weighted by atomic mass is 9.81. The first-order chi connectivity index (χ1) is 10.2. The average molecular weight is 312 g/mol. The largest absolute Gasteiger partial charge is 0.444 e. The molecule has 1 saturated carbocycles. The molecule has 0 aromatic rings. The van der Waals surface area contributed by atoms with E-state index in [-0.39, 0.29) is 12.1 Å². The Balaban J connectivity index is 1.84. The first kappa shape index (κ1) is 17.5. The standard InChI is InChI=1S/C17H32N2O3/c1-12-8-14(9-12)18-13(2)10-15-11-21-7-6-19(15)16(20)22-17(3,4)5/h12-15,18H,6-11H2,1-5H3. The van der Waals surface area contributed by atoms with Crippen LogP contribution in [0.2, 0.25) is 0 Å². The second-order valence-electron chi connectivity index (χ2n) is 7.98. The number of amides is 1. The van der Waals surface area contributed by atoms with Crippen LogP contribution in [0.1, 0.15) is 53.9 Å². The van der Waals surface area contributed by atoms with E-state index < -0.39 is 5.60 Å². The molecule has 0 aromatic carbocycles. The van der Waals surface area contributed by atoms with E-state index >= 15 is 0 Å². The molecule has 2 unspecified atom stereocenters. The van der Waals surface area contributed by atoms with Crippen LogP contribution in [0.25, 0.3) is 0 Å². The van der Waals surface area contributed by atoms with Crippen LogP contribution in [0, 0.1) is 5.92 Å².